The number of ether oxygens (including phenoxy) is 2. The van der Waals surface area contributed by atoms with Gasteiger partial charge in [-0.1, -0.05) is 87.7 Å². The number of carbonyl (C=O) groups excluding carboxylic acids is 1. The molecule has 2 aliphatic rings. The van der Waals surface area contributed by atoms with Gasteiger partial charge >= 0.3 is 6.09 Å². The third-order valence-corrected chi connectivity index (χ3v) is 10.1. The van der Waals surface area contributed by atoms with Crippen LogP contribution in [0.5, 0.6) is 5.75 Å². The maximum absolute atomic E-state index is 13.2. The van der Waals surface area contributed by atoms with Gasteiger partial charge in [0.2, 0.25) is 0 Å². The minimum Gasteiger partial charge on any atom is -0.494 e. The summed E-state index contributed by atoms with van der Waals surface area (Å²) in [7, 11) is 0. The molecule has 1 fully saturated rings. The standard InChI is InChI=1S/C37H56Cl2N4O4/c1-3-5-7-9-21-42(22-10-8-6-4-2)37(45)47-29-43-34-28-31(18-16-30(34)17-19-35(43)44)46-27-12-11-20-40-23-25-41(26-24-40)33-15-13-14-32(38)36(33)39/h13-16,18,28,35,44H,3-12,17,19-27,29H2,1-2H3. The monoisotopic (exact) mass is 690 g/mol. The highest BCUT2D eigenvalue weighted by atomic mass is 35.5. The lowest BCUT2D eigenvalue weighted by atomic mass is 10.0. The van der Waals surface area contributed by atoms with Crippen molar-refractivity contribution >= 4 is 40.7 Å². The Morgan fingerprint density at radius 2 is 1.62 bits per heavy atom. The van der Waals surface area contributed by atoms with Crippen LogP contribution in [0, 0.1) is 0 Å². The summed E-state index contributed by atoms with van der Waals surface area (Å²) in [6.07, 6.45) is 11.3. The highest BCUT2D eigenvalue weighted by molar-refractivity contribution is 6.43. The highest BCUT2D eigenvalue weighted by Gasteiger charge is 2.27. The van der Waals surface area contributed by atoms with Crippen LogP contribution in [0.2, 0.25) is 10.0 Å². The fraction of sp³-hybridized carbons (Fsp3) is 0.649. The molecule has 0 aromatic heterocycles. The second kappa shape index (κ2) is 20.2. The molecule has 2 aromatic rings. The Morgan fingerprint density at radius 3 is 2.32 bits per heavy atom. The summed E-state index contributed by atoms with van der Waals surface area (Å²) >= 11 is 12.7. The molecule has 47 heavy (non-hydrogen) atoms. The molecule has 8 nitrogen and oxygen atoms in total. The lowest BCUT2D eigenvalue weighted by molar-refractivity contribution is 0.0756. The molecule has 0 saturated carbocycles. The number of aliphatic hydroxyl groups is 1. The maximum atomic E-state index is 13.2. The minimum atomic E-state index is -0.705. The number of aliphatic hydroxyl groups excluding tert-OH is 1. The number of amides is 1. The number of anilines is 2. The van der Waals surface area contributed by atoms with Crippen molar-refractivity contribution in [1.29, 1.82) is 0 Å². The molecule has 1 amide bonds. The molecule has 0 radical (unpaired) electrons. The molecule has 1 unspecified atom stereocenters. The Morgan fingerprint density at radius 1 is 0.894 bits per heavy atom. The lowest BCUT2D eigenvalue weighted by Gasteiger charge is -2.36. The van der Waals surface area contributed by atoms with Crippen LogP contribution in [0.25, 0.3) is 0 Å². The zero-order chi connectivity index (χ0) is 33.4. The van der Waals surface area contributed by atoms with E-state index in [0.29, 0.717) is 23.1 Å². The number of hydrogen-bond donors (Lipinski definition) is 1. The molecule has 0 bridgehead atoms. The molecule has 1 N–H and O–H groups in total. The molecule has 0 spiro atoms. The number of rotatable bonds is 19. The predicted molar refractivity (Wildman–Crippen MR) is 194 cm³/mol. The fourth-order valence-corrected chi connectivity index (χ4v) is 6.83. The third-order valence-electron chi connectivity index (χ3n) is 9.33. The summed E-state index contributed by atoms with van der Waals surface area (Å²) in [4.78, 5) is 21.6. The molecule has 2 aliphatic heterocycles. The normalized spacial score (nSPS) is 16.7. The first-order valence-electron chi connectivity index (χ1n) is 17.9. The van der Waals surface area contributed by atoms with Gasteiger partial charge in [-0.05, 0) is 68.8 Å². The van der Waals surface area contributed by atoms with E-state index in [2.05, 4.69) is 29.7 Å². The van der Waals surface area contributed by atoms with Gasteiger partial charge in [-0.25, -0.2) is 4.79 Å². The van der Waals surface area contributed by atoms with Crippen molar-refractivity contribution in [2.24, 2.45) is 0 Å². The van der Waals surface area contributed by atoms with Gasteiger partial charge in [0, 0.05) is 51.0 Å². The summed E-state index contributed by atoms with van der Waals surface area (Å²) in [6.45, 7) is 11.3. The number of unbranched alkanes of at least 4 members (excludes halogenated alkanes) is 7. The molecule has 1 atom stereocenters. The molecule has 4 rings (SSSR count). The molecular formula is C37H56Cl2N4O4. The van der Waals surface area contributed by atoms with Gasteiger partial charge in [0.05, 0.1) is 22.3 Å². The number of benzene rings is 2. The average Bonchev–Trinajstić information content (AvgIpc) is 3.08. The average molecular weight is 692 g/mol. The van der Waals surface area contributed by atoms with E-state index in [1.165, 1.54) is 25.7 Å². The van der Waals surface area contributed by atoms with E-state index in [0.717, 1.165) is 113 Å². The van der Waals surface area contributed by atoms with Crippen molar-refractivity contribution in [1.82, 2.24) is 9.80 Å². The van der Waals surface area contributed by atoms with Crippen LogP contribution in [0.4, 0.5) is 16.2 Å². The van der Waals surface area contributed by atoms with Gasteiger partial charge in [-0.2, -0.15) is 0 Å². The number of nitrogens with zero attached hydrogens (tertiary/aromatic N) is 4. The molecule has 1 saturated heterocycles. The van der Waals surface area contributed by atoms with Crippen LogP contribution in [-0.2, 0) is 11.2 Å². The van der Waals surface area contributed by atoms with Crippen LogP contribution in [0.1, 0.15) is 90.0 Å². The van der Waals surface area contributed by atoms with E-state index < -0.39 is 6.23 Å². The van der Waals surface area contributed by atoms with E-state index in [1.54, 1.807) is 4.90 Å². The first-order chi connectivity index (χ1) is 22.9. The summed E-state index contributed by atoms with van der Waals surface area (Å²) in [5.74, 6) is 0.773. The molecule has 262 valence electrons. The van der Waals surface area contributed by atoms with Crippen molar-refractivity contribution < 1.29 is 19.4 Å². The number of hydrogen-bond acceptors (Lipinski definition) is 7. The van der Waals surface area contributed by atoms with Crippen molar-refractivity contribution in [3.8, 4) is 5.75 Å². The maximum Gasteiger partial charge on any atom is 0.411 e. The Bertz CT molecular complexity index is 1210. The van der Waals surface area contributed by atoms with Gasteiger partial charge < -0.3 is 29.3 Å². The summed E-state index contributed by atoms with van der Waals surface area (Å²) in [5.41, 5.74) is 3.02. The van der Waals surface area contributed by atoms with Gasteiger partial charge in [-0.15, -0.1) is 0 Å². The zero-order valence-electron chi connectivity index (χ0n) is 28.6. The van der Waals surface area contributed by atoms with Crippen LogP contribution in [-0.4, -0.2) is 86.4 Å². The molecule has 0 aliphatic carbocycles. The minimum absolute atomic E-state index is 0.0215. The van der Waals surface area contributed by atoms with E-state index in [4.69, 9.17) is 32.7 Å². The van der Waals surface area contributed by atoms with Crippen LogP contribution >= 0.6 is 23.2 Å². The lowest BCUT2D eigenvalue weighted by Crippen LogP contribution is -2.46. The second-order valence-corrected chi connectivity index (χ2v) is 13.7. The van der Waals surface area contributed by atoms with Gasteiger partial charge in [0.25, 0.3) is 0 Å². The van der Waals surface area contributed by atoms with E-state index >= 15 is 0 Å². The molecule has 2 aromatic carbocycles. The predicted octanol–water partition coefficient (Wildman–Crippen LogP) is 8.60. The highest BCUT2D eigenvalue weighted by Crippen LogP contribution is 2.34. The SMILES string of the molecule is CCCCCCN(CCCCCC)C(=O)OCN1c2cc(OCCCCN3CCN(c4cccc(Cl)c4Cl)CC3)ccc2CCC1O. The van der Waals surface area contributed by atoms with Gasteiger partial charge in [-0.3, -0.25) is 4.90 Å². The summed E-state index contributed by atoms with van der Waals surface area (Å²) in [5, 5.41) is 12.1. The molecule has 2 heterocycles. The smallest absolute Gasteiger partial charge is 0.411 e. The Hall–Kier alpha value is -2.39. The van der Waals surface area contributed by atoms with Gasteiger partial charge in [0.1, 0.15) is 12.0 Å². The first-order valence-corrected chi connectivity index (χ1v) is 18.7. The Balaban J connectivity index is 1.22. The van der Waals surface area contributed by atoms with Crippen molar-refractivity contribution in [2.45, 2.75) is 97.1 Å². The third kappa shape index (κ3) is 11.6. The van der Waals surface area contributed by atoms with E-state index in [9.17, 15) is 9.90 Å². The first kappa shape index (κ1) is 37.4. The van der Waals surface area contributed by atoms with E-state index in [1.807, 2.05) is 35.2 Å². The number of carbonyl (C=O) groups is 1. The van der Waals surface area contributed by atoms with E-state index in [-0.39, 0.29) is 12.8 Å². The van der Waals surface area contributed by atoms with Crippen LogP contribution in [0.3, 0.4) is 0 Å². The Kier molecular flexibility index (Phi) is 16.1. The number of halogens is 2. The van der Waals surface area contributed by atoms with Crippen LogP contribution < -0.4 is 14.5 Å². The Labute approximate surface area is 292 Å². The second-order valence-electron chi connectivity index (χ2n) is 12.9. The summed E-state index contributed by atoms with van der Waals surface area (Å²) < 4.78 is 12.0. The van der Waals surface area contributed by atoms with Gasteiger partial charge in [0.15, 0.2) is 6.73 Å². The van der Waals surface area contributed by atoms with Crippen molar-refractivity contribution in [3.63, 3.8) is 0 Å². The number of aryl methyl sites for hydroxylation is 1. The number of fused-ring (bicyclic) bond motifs is 1. The van der Waals surface area contributed by atoms with Crippen LogP contribution in [0.15, 0.2) is 36.4 Å². The largest absolute Gasteiger partial charge is 0.494 e. The molecular weight excluding hydrogens is 635 g/mol. The fourth-order valence-electron chi connectivity index (χ4n) is 6.41. The van der Waals surface area contributed by atoms with Crippen molar-refractivity contribution in [2.75, 3.05) is 69.0 Å². The topological polar surface area (TPSA) is 68.7 Å². The summed E-state index contributed by atoms with van der Waals surface area (Å²) in [6, 6.07) is 11.9. The quantitative estimate of drug-likeness (QED) is 0.148. The molecule has 10 heteroatoms. The number of piperazine rings is 1. The zero-order valence-corrected chi connectivity index (χ0v) is 30.1. The van der Waals surface area contributed by atoms with Crippen molar-refractivity contribution in [3.05, 3.63) is 52.0 Å².